The van der Waals surface area contributed by atoms with E-state index in [-0.39, 0.29) is 5.41 Å². The molecule has 12 rings (SSSR count). The molecular formula is C55H36S. The normalized spacial score (nSPS) is 13.3. The summed E-state index contributed by atoms with van der Waals surface area (Å²) in [4.78, 5) is 0. The second-order valence-corrected chi connectivity index (χ2v) is 17.1. The summed E-state index contributed by atoms with van der Waals surface area (Å²) in [5, 5.41) is 13.0. The topological polar surface area (TPSA) is 0 Å². The molecule has 0 fully saturated rings. The first kappa shape index (κ1) is 31.8. The quantitative estimate of drug-likeness (QED) is 0.159. The van der Waals surface area contributed by atoms with Crippen LogP contribution in [0.5, 0.6) is 0 Å². The molecule has 0 nitrogen and oxygen atoms in total. The maximum absolute atomic E-state index is 2.50. The van der Waals surface area contributed by atoms with Crippen LogP contribution in [0.4, 0.5) is 0 Å². The lowest BCUT2D eigenvalue weighted by Gasteiger charge is -2.21. The van der Waals surface area contributed by atoms with Crippen LogP contribution in [0.3, 0.4) is 0 Å². The molecule has 0 N–H and O–H groups in total. The van der Waals surface area contributed by atoms with E-state index in [1.807, 2.05) is 11.3 Å². The highest BCUT2D eigenvalue weighted by atomic mass is 32.1. The van der Waals surface area contributed by atoms with Crippen molar-refractivity contribution in [2.75, 3.05) is 0 Å². The molecule has 0 saturated carbocycles. The molecule has 10 aromatic carbocycles. The Kier molecular flexibility index (Phi) is 6.66. The van der Waals surface area contributed by atoms with Gasteiger partial charge in [-0.3, -0.25) is 0 Å². The molecule has 0 amide bonds. The molecule has 1 heterocycles. The van der Waals surface area contributed by atoms with E-state index in [1.54, 1.807) is 0 Å². The third-order valence-electron chi connectivity index (χ3n) is 12.6. The Bertz CT molecular complexity index is 3390. The summed E-state index contributed by atoms with van der Waals surface area (Å²) < 4.78 is 2.69. The predicted octanol–water partition coefficient (Wildman–Crippen LogP) is 16.0. The highest BCUT2D eigenvalue weighted by Crippen LogP contribution is 2.54. The number of hydrogen-bond donors (Lipinski definition) is 0. The lowest BCUT2D eigenvalue weighted by molar-refractivity contribution is 0.662. The average molecular weight is 729 g/mol. The zero-order valence-corrected chi connectivity index (χ0v) is 32.0. The van der Waals surface area contributed by atoms with Gasteiger partial charge in [-0.2, -0.15) is 0 Å². The first-order valence-electron chi connectivity index (χ1n) is 19.6. The van der Waals surface area contributed by atoms with Crippen molar-refractivity contribution in [2.45, 2.75) is 19.3 Å². The van der Waals surface area contributed by atoms with Crippen molar-refractivity contribution in [3.8, 4) is 44.5 Å². The van der Waals surface area contributed by atoms with E-state index in [0.29, 0.717) is 0 Å². The molecule has 0 unspecified atom stereocenters. The molecule has 56 heavy (non-hydrogen) atoms. The minimum absolute atomic E-state index is 0.0495. The van der Waals surface area contributed by atoms with Crippen molar-refractivity contribution >= 4 is 74.6 Å². The van der Waals surface area contributed by atoms with Crippen molar-refractivity contribution in [1.29, 1.82) is 0 Å². The zero-order chi connectivity index (χ0) is 37.1. The highest BCUT2D eigenvalue weighted by molar-refractivity contribution is 7.25. The first-order chi connectivity index (χ1) is 27.5. The molecule has 1 aromatic heterocycles. The second kappa shape index (κ2) is 11.7. The van der Waals surface area contributed by atoms with E-state index in [9.17, 15) is 0 Å². The van der Waals surface area contributed by atoms with Gasteiger partial charge in [0.2, 0.25) is 0 Å². The van der Waals surface area contributed by atoms with Gasteiger partial charge in [-0.1, -0.05) is 166 Å². The summed E-state index contributed by atoms with van der Waals surface area (Å²) in [5.74, 6) is 0. The van der Waals surface area contributed by atoms with Crippen LogP contribution < -0.4 is 0 Å². The third-order valence-corrected chi connectivity index (χ3v) is 13.8. The number of rotatable bonds is 3. The Labute approximate surface area is 329 Å². The Morgan fingerprint density at radius 2 is 0.893 bits per heavy atom. The number of thiophene rings is 1. The monoisotopic (exact) mass is 728 g/mol. The van der Waals surface area contributed by atoms with Gasteiger partial charge in [0.15, 0.2) is 0 Å². The van der Waals surface area contributed by atoms with Crippen molar-refractivity contribution < 1.29 is 0 Å². The fourth-order valence-corrected chi connectivity index (χ4v) is 11.1. The fourth-order valence-electron chi connectivity index (χ4n) is 9.98. The van der Waals surface area contributed by atoms with Crippen molar-refractivity contribution in [3.63, 3.8) is 0 Å². The summed E-state index contributed by atoms with van der Waals surface area (Å²) in [6.07, 6.45) is 0. The van der Waals surface area contributed by atoms with Crippen molar-refractivity contribution in [2.24, 2.45) is 0 Å². The summed E-state index contributed by atoms with van der Waals surface area (Å²) in [6, 6.07) is 68.2. The van der Waals surface area contributed by atoms with Gasteiger partial charge in [-0.15, -0.1) is 11.3 Å². The molecule has 0 bridgehead atoms. The van der Waals surface area contributed by atoms with Crippen LogP contribution in [0.25, 0.3) is 108 Å². The molecule has 11 aromatic rings. The molecule has 0 atom stereocenters. The average Bonchev–Trinajstić information content (AvgIpc) is 3.72. The van der Waals surface area contributed by atoms with Gasteiger partial charge in [-0.05, 0) is 129 Å². The molecule has 262 valence electrons. The van der Waals surface area contributed by atoms with Gasteiger partial charge in [0.05, 0.1) is 0 Å². The largest absolute Gasteiger partial charge is 0.135 e. The van der Waals surface area contributed by atoms with Gasteiger partial charge in [0, 0.05) is 25.6 Å². The van der Waals surface area contributed by atoms with E-state index in [4.69, 9.17) is 0 Å². The maximum atomic E-state index is 2.50. The fraction of sp³-hybridized carbons (Fsp3) is 0.0545. The molecule has 0 saturated heterocycles. The van der Waals surface area contributed by atoms with Gasteiger partial charge in [0.1, 0.15) is 0 Å². The van der Waals surface area contributed by atoms with E-state index < -0.39 is 0 Å². The number of benzene rings is 10. The third kappa shape index (κ3) is 4.47. The summed E-state index contributed by atoms with van der Waals surface area (Å²) in [5.41, 5.74) is 13.2. The predicted molar refractivity (Wildman–Crippen MR) is 243 cm³/mol. The maximum Gasteiger partial charge on any atom is 0.0358 e. The van der Waals surface area contributed by atoms with Crippen LogP contribution >= 0.6 is 11.3 Å². The molecular weight excluding hydrogens is 693 g/mol. The Hall–Kier alpha value is -6.54. The van der Waals surface area contributed by atoms with Crippen LogP contribution in [0.1, 0.15) is 25.0 Å². The number of hydrogen-bond acceptors (Lipinski definition) is 1. The van der Waals surface area contributed by atoms with Gasteiger partial charge < -0.3 is 0 Å². The smallest absolute Gasteiger partial charge is 0.0358 e. The zero-order valence-electron chi connectivity index (χ0n) is 31.2. The Morgan fingerprint density at radius 1 is 0.321 bits per heavy atom. The SMILES string of the molecule is CC1(C)c2cc3sc4ccc(-c5cccc(-c6c7ccccc7c(-c7cccc8ccccc78)c7ccccc67)c5)cc4c3cc2-c2c1ccc1ccccc21. The highest BCUT2D eigenvalue weighted by Gasteiger charge is 2.37. The Morgan fingerprint density at radius 3 is 1.64 bits per heavy atom. The molecule has 1 heteroatoms. The van der Waals surface area contributed by atoms with Crippen molar-refractivity contribution in [1.82, 2.24) is 0 Å². The first-order valence-corrected chi connectivity index (χ1v) is 20.4. The van der Waals surface area contributed by atoms with Crippen LogP contribution in [-0.4, -0.2) is 0 Å². The van der Waals surface area contributed by atoms with E-state index in [0.717, 1.165) is 0 Å². The molecule has 1 aliphatic carbocycles. The summed E-state index contributed by atoms with van der Waals surface area (Å²) in [6.45, 7) is 4.78. The van der Waals surface area contributed by atoms with E-state index in [1.165, 1.54) is 119 Å². The van der Waals surface area contributed by atoms with Gasteiger partial charge in [0.25, 0.3) is 0 Å². The lowest BCUT2D eigenvalue weighted by Crippen LogP contribution is -2.14. The molecule has 0 radical (unpaired) electrons. The van der Waals surface area contributed by atoms with E-state index >= 15 is 0 Å². The van der Waals surface area contributed by atoms with Gasteiger partial charge >= 0.3 is 0 Å². The Balaban J connectivity index is 1.04. The molecule has 0 spiro atoms. The summed E-state index contributed by atoms with van der Waals surface area (Å²) in [7, 11) is 0. The molecule has 0 aliphatic heterocycles. The van der Waals surface area contributed by atoms with Crippen LogP contribution in [-0.2, 0) is 5.41 Å². The standard InChI is InChI=1S/C55H36S/c1-55(2)48-27-25-34-14-4-6-19-39(34)54(48)47-31-46-45-30-36(26-28-50(45)56-51(46)32-49(47)55)35-16-11-17-37(29-35)52-41-20-7-9-22-43(41)53(44-23-10-8-21-42(44)52)40-24-12-15-33-13-3-5-18-38(33)40/h3-32H,1-2H3. The van der Waals surface area contributed by atoms with Crippen molar-refractivity contribution in [3.05, 3.63) is 193 Å². The van der Waals surface area contributed by atoms with Crippen LogP contribution in [0, 0.1) is 0 Å². The minimum Gasteiger partial charge on any atom is -0.135 e. The minimum atomic E-state index is -0.0495. The number of fused-ring (bicyclic) bond motifs is 11. The van der Waals surface area contributed by atoms with Crippen LogP contribution in [0.15, 0.2) is 182 Å². The van der Waals surface area contributed by atoms with E-state index in [2.05, 4.69) is 196 Å². The lowest BCUT2D eigenvalue weighted by atomic mass is 9.82. The second-order valence-electron chi connectivity index (χ2n) is 16.0. The summed E-state index contributed by atoms with van der Waals surface area (Å²) >= 11 is 1.92. The molecule has 1 aliphatic rings. The van der Waals surface area contributed by atoms with Gasteiger partial charge in [-0.25, -0.2) is 0 Å². The van der Waals surface area contributed by atoms with Crippen LogP contribution in [0.2, 0.25) is 0 Å².